The SMILES string of the molecule is CN(Cc1ccc(C#N)cc1)C(=O)c1cc(S(=O)(=O)N(C)C)ccc1I. The molecule has 0 saturated heterocycles. The molecule has 2 aromatic rings. The summed E-state index contributed by atoms with van der Waals surface area (Å²) < 4.78 is 26.4. The maximum atomic E-state index is 12.8. The van der Waals surface area contributed by atoms with E-state index < -0.39 is 10.0 Å². The lowest BCUT2D eigenvalue weighted by molar-refractivity contribution is 0.0784. The maximum absolute atomic E-state index is 12.8. The smallest absolute Gasteiger partial charge is 0.255 e. The van der Waals surface area contributed by atoms with Crippen molar-refractivity contribution in [1.29, 1.82) is 5.26 Å². The van der Waals surface area contributed by atoms with Crippen LogP contribution in [0, 0.1) is 14.9 Å². The van der Waals surface area contributed by atoms with Crippen molar-refractivity contribution in [1.82, 2.24) is 9.21 Å². The first kappa shape index (κ1) is 20.4. The summed E-state index contributed by atoms with van der Waals surface area (Å²) in [6.07, 6.45) is 0. The number of carbonyl (C=O) groups excluding carboxylic acids is 1. The Morgan fingerprint density at radius 1 is 1.12 bits per heavy atom. The Kier molecular flexibility index (Phi) is 6.39. The van der Waals surface area contributed by atoms with Gasteiger partial charge in [-0.3, -0.25) is 4.79 Å². The zero-order chi connectivity index (χ0) is 19.5. The van der Waals surface area contributed by atoms with Crippen LogP contribution in [0.2, 0.25) is 0 Å². The molecule has 1 amide bonds. The highest BCUT2D eigenvalue weighted by molar-refractivity contribution is 14.1. The molecule has 0 fully saturated rings. The van der Waals surface area contributed by atoms with Gasteiger partial charge in [0.05, 0.1) is 22.1 Å². The van der Waals surface area contributed by atoms with Gasteiger partial charge in [-0.1, -0.05) is 12.1 Å². The lowest BCUT2D eigenvalue weighted by Gasteiger charge is -2.19. The highest BCUT2D eigenvalue weighted by atomic mass is 127. The van der Waals surface area contributed by atoms with Crippen molar-refractivity contribution < 1.29 is 13.2 Å². The summed E-state index contributed by atoms with van der Waals surface area (Å²) in [4.78, 5) is 14.4. The normalized spacial score (nSPS) is 11.2. The molecule has 6 nitrogen and oxygen atoms in total. The minimum absolute atomic E-state index is 0.0815. The van der Waals surface area contributed by atoms with Crippen LogP contribution in [-0.4, -0.2) is 44.7 Å². The quantitative estimate of drug-likeness (QED) is 0.613. The fourth-order valence-electron chi connectivity index (χ4n) is 2.28. The van der Waals surface area contributed by atoms with Crippen LogP contribution in [0.25, 0.3) is 0 Å². The first-order valence-electron chi connectivity index (χ1n) is 7.63. The van der Waals surface area contributed by atoms with Crippen molar-refractivity contribution in [2.24, 2.45) is 0 Å². The van der Waals surface area contributed by atoms with Gasteiger partial charge in [0.2, 0.25) is 10.0 Å². The molecule has 136 valence electrons. The van der Waals surface area contributed by atoms with E-state index >= 15 is 0 Å². The van der Waals surface area contributed by atoms with Crippen molar-refractivity contribution in [3.05, 3.63) is 62.7 Å². The van der Waals surface area contributed by atoms with E-state index in [2.05, 4.69) is 6.07 Å². The molecule has 0 aromatic heterocycles. The van der Waals surface area contributed by atoms with Crippen LogP contribution in [0.5, 0.6) is 0 Å². The Morgan fingerprint density at radius 3 is 2.27 bits per heavy atom. The van der Waals surface area contributed by atoms with E-state index in [0.717, 1.165) is 9.87 Å². The van der Waals surface area contributed by atoms with Gasteiger partial charge in [0.1, 0.15) is 0 Å². The first-order valence-corrected chi connectivity index (χ1v) is 10.1. The van der Waals surface area contributed by atoms with Crippen LogP contribution < -0.4 is 0 Å². The Hall–Kier alpha value is -1.96. The molecule has 2 aromatic carbocycles. The van der Waals surface area contributed by atoms with Crippen LogP contribution in [0.1, 0.15) is 21.5 Å². The largest absolute Gasteiger partial charge is 0.337 e. The number of hydrogen-bond acceptors (Lipinski definition) is 4. The minimum Gasteiger partial charge on any atom is -0.337 e. The summed E-state index contributed by atoms with van der Waals surface area (Å²) in [7, 11) is 0.944. The Balaban J connectivity index is 2.29. The van der Waals surface area contributed by atoms with Crippen molar-refractivity contribution >= 4 is 38.5 Å². The van der Waals surface area contributed by atoms with Crippen LogP contribution in [0.15, 0.2) is 47.4 Å². The van der Waals surface area contributed by atoms with Gasteiger partial charge in [-0.25, -0.2) is 12.7 Å². The lowest BCUT2D eigenvalue weighted by Crippen LogP contribution is -2.28. The summed E-state index contributed by atoms with van der Waals surface area (Å²) in [5.74, 6) is -0.269. The van der Waals surface area contributed by atoms with Crippen molar-refractivity contribution in [2.45, 2.75) is 11.4 Å². The second kappa shape index (κ2) is 8.16. The molecule has 0 aliphatic carbocycles. The molecule has 8 heteroatoms. The molecule has 0 spiro atoms. The van der Waals surface area contributed by atoms with Gasteiger partial charge < -0.3 is 4.90 Å². The molecule has 0 N–H and O–H groups in total. The van der Waals surface area contributed by atoms with E-state index in [-0.39, 0.29) is 10.8 Å². The van der Waals surface area contributed by atoms with E-state index in [9.17, 15) is 13.2 Å². The molecular formula is C18H18IN3O3S. The van der Waals surface area contributed by atoms with Crippen LogP contribution in [0.4, 0.5) is 0 Å². The molecule has 0 aliphatic heterocycles. The highest BCUT2D eigenvalue weighted by Gasteiger charge is 2.22. The van der Waals surface area contributed by atoms with Gasteiger partial charge >= 0.3 is 0 Å². The van der Waals surface area contributed by atoms with E-state index in [1.807, 2.05) is 22.6 Å². The fourth-order valence-corrected chi connectivity index (χ4v) is 3.77. The Bertz CT molecular complexity index is 964. The van der Waals surface area contributed by atoms with Crippen molar-refractivity contribution in [2.75, 3.05) is 21.1 Å². The average molecular weight is 483 g/mol. The molecule has 0 saturated carbocycles. The van der Waals surface area contributed by atoms with Gasteiger partial charge in [-0.15, -0.1) is 0 Å². The third-order valence-electron chi connectivity index (χ3n) is 3.80. The number of nitriles is 1. The first-order chi connectivity index (χ1) is 12.2. The maximum Gasteiger partial charge on any atom is 0.255 e. The molecule has 2 rings (SSSR count). The van der Waals surface area contributed by atoms with E-state index in [1.54, 1.807) is 37.4 Å². The number of carbonyl (C=O) groups is 1. The van der Waals surface area contributed by atoms with Crippen molar-refractivity contribution in [3.63, 3.8) is 0 Å². The molecule has 0 radical (unpaired) electrons. The third kappa shape index (κ3) is 4.41. The second-order valence-corrected chi connectivity index (χ2v) is 9.21. The fraction of sp³-hybridized carbons (Fsp3) is 0.222. The van der Waals surface area contributed by atoms with Gasteiger partial charge in [0.15, 0.2) is 0 Å². The third-order valence-corrected chi connectivity index (χ3v) is 6.55. The molecule has 0 atom stereocenters. The van der Waals surface area contributed by atoms with Gasteiger partial charge in [0, 0.05) is 31.3 Å². The molecule has 0 bridgehead atoms. The number of amides is 1. The monoisotopic (exact) mass is 483 g/mol. The summed E-state index contributed by atoms with van der Waals surface area (Å²) in [5, 5.41) is 8.84. The number of benzene rings is 2. The van der Waals surface area contributed by atoms with E-state index in [0.29, 0.717) is 21.2 Å². The number of halogens is 1. The predicted molar refractivity (Wildman–Crippen MR) is 107 cm³/mol. The molecule has 0 aliphatic rings. The zero-order valence-corrected chi connectivity index (χ0v) is 17.6. The number of sulfonamides is 1. The van der Waals surface area contributed by atoms with Crippen molar-refractivity contribution in [3.8, 4) is 6.07 Å². The zero-order valence-electron chi connectivity index (χ0n) is 14.6. The minimum atomic E-state index is -3.61. The summed E-state index contributed by atoms with van der Waals surface area (Å²) >= 11 is 2.02. The standard InChI is InChI=1S/C18H18IN3O3S/c1-21(2)26(24,25)15-8-9-17(19)16(10-15)18(23)22(3)12-14-6-4-13(11-20)5-7-14/h4-10H,12H2,1-3H3. The topological polar surface area (TPSA) is 81.5 Å². The number of rotatable bonds is 5. The second-order valence-electron chi connectivity index (χ2n) is 5.90. The van der Waals surface area contributed by atoms with E-state index in [1.165, 1.54) is 31.1 Å². The van der Waals surface area contributed by atoms with Crippen LogP contribution >= 0.6 is 22.6 Å². The van der Waals surface area contributed by atoms with Crippen LogP contribution in [0.3, 0.4) is 0 Å². The number of hydrogen-bond donors (Lipinski definition) is 0. The average Bonchev–Trinajstić information content (AvgIpc) is 2.61. The summed E-state index contributed by atoms with van der Waals surface area (Å²) in [6.45, 7) is 0.352. The molecule has 0 unspecified atom stereocenters. The van der Waals surface area contributed by atoms with Gasteiger partial charge in [0.25, 0.3) is 5.91 Å². The highest BCUT2D eigenvalue weighted by Crippen LogP contribution is 2.21. The number of nitrogens with zero attached hydrogens (tertiary/aromatic N) is 3. The Labute approximate surface area is 167 Å². The predicted octanol–water partition coefficient (Wildman–Crippen LogP) is 2.69. The van der Waals surface area contributed by atoms with Gasteiger partial charge in [-0.05, 0) is 58.5 Å². The van der Waals surface area contributed by atoms with Crippen LogP contribution in [-0.2, 0) is 16.6 Å². The van der Waals surface area contributed by atoms with E-state index in [4.69, 9.17) is 5.26 Å². The Morgan fingerprint density at radius 2 is 1.73 bits per heavy atom. The molecule has 0 heterocycles. The molecule has 26 heavy (non-hydrogen) atoms. The summed E-state index contributed by atoms with van der Waals surface area (Å²) in [5.41, 5.74) is 1.77. The molecular weight excluding hydrogens is 465 g/mol. The van der Waals surface area contributed by atoms with Gasteiger partial charge in [-0.2, -0.15) is 5.26 Å². The summed E-state index contributed by atoms with van der Waals surface area (Å²) in [6, 6.07) is 13.6. The lowest BCUT2D eigenvalue weighted by atomic mass is 10.1.